The molecular formula is C14H11BrO3S. The normalized spacial score (nSPS) is 10.2. The van der Waals surface area contributed by atoms with Crippen LogP contribution in [-0.2, 0) is 4.74 Å². The maximum absolute atomic E-state index is 11.7. The van der Waals surface area contributed by atoms with Crippen molar-refractivity contribution in [1.82, 2.24) is 0 Å². The van der Waals surface area contributed by atoms with Crippen molar-refractivity contribution in [2.24, 2.45) is 0 Å². The van der Waals surface area contributed by atoms with Gasteiger partial charge in [-0.2, -0.15) is 0 Å². The Bertz CT molecular complexity index is 596. The molecule has 0 atom stereocenters. The molecule has 0 aromatic heterocycles. The number of esters is 1. The fourth-order valence-corrected chi connectivity index (χ4v) is 2.68. The summed E-state index contributed by atoms with van der Waals surface area (Å²) >= 11 is 4.82. The molecule has 0 radical (unpaired) electrons. The van der Waals surface area contributed by atoms with Crippen molar-refractivity contribution in [2.45, 2.75) is 9.79 Å². The summed E-state index contributed by atoms with van der Waals surface area (Å²) in [6, 6.07) is 12.4. The smallest absolute Gasteiger partial charge is 0.339 e. The van der Waals surface area contributed by atoms with Crippen LogP contribution in [0.5, 0.6) is 5.75 Å². The lowest BCUT2D eigenvalue weighted by Gasteiger charge is -2.08. The summed E-state index contributed by atoms with van der Waals surface area (Å²) in [5.41, 5.74) is 0.357. The Labute approximate surface area is 123 Å². The first-order valence-electron chi connectivity index (χ1n) is 5.45. The van der Waals surface area contributed by atoms with Gasteiger partial charge in [0.2, 0.25) is 0 Å². The van der Waals surface area contributed by atoms with Crippen LogP contribution < -0.4 is 0 Å². The molecule has 0 fully saturated rings. The molecule has 19 heavy (non-hydrogen) atoms. The zero-order chi connectivity index (χ0) is 13.8. The van der Waals surface area contributed by atoms with Crippen LogP contribution in [0.25, 0.3) is 0 Å². The van der Waals surface area contributed by atoms with Gasteiger partial charge >= 0.3 is 5.97 Å². The molecule has 2 aromatic carbocycles. The van der Waals surface area contributed by atoms with Crippen LogP contribution in [0.4, 0.5) is 0 Å². The molecule has 3 nitrogen and oxygen atoms in total. The van der Waals surface area contributed by atoms with Gasteiger partial charge < -0.3 is 9.84 Å². The van der Waals surface area contributed by atoms with Crippen molar-refractivity contribution in [2.75, 3.05) is 7.11 Å². The molecule has 2 aromatic rings. The number of halogens is 1. The van der Waals surface area contributed by atoms with Gasteiger partial charge in [-0.15, -0.1) is 0 Å². The average Bonchev–Trinajstić information content (AvgIpc) is 2.42. The lowest BCUT2D eigenvalue weighted by Crippen LogP contribution is -2.02. The number of carbonyl (C=O) groups excluding carboxylic acids is 1. The maximum Gasteiger partial charge on any atom is 0.339 e. The molecule has 0 saturated carbocycles. The van der Waals surface area contributed by atoms with Crippen LogP contribution in [0.15, 0.2) is 56.7 Å². The van der Waals surface area contributed by atoms with E-state index in [9.17, 15) is 9.90 Å². The zero-order valence-electron chi connectivity index (χ0n) is 10.1. The number of benzene rings is 2. The number of phenols is 1. The van der Waals surface area contributed by atoms with Crippen molar-refractivity contribution in [3.63, 3.8) is 0 Å². The van der Waals surface area contributed by atoms with Crippen molar-refractivity contribution in [1.29, 1.82) is 0 Å². The summed E-state index contributed by atoms with van der Waals surface area (Å²) in [4.78, 5) is 13.4. The Morgan fingerprint density at radius 1 is 1.21 bits per heavy atom. The molecule has 0 heterocycles. The Morgan fingerprint density at radius 3 is 2.53 bits per heavy atom. The number of hydrogen-bond acceptors (Lipinski definition) is 4. The average molecular weight is 339 g/mol. The zero-order valence-corrected chi connectivity index (χ0v) is 12.5. The quantitative estimate of drug-likeness (QED) is 0.856. The van der Waals surface area contributed by atoms with Crippen molar-refractivity contribution < 1.29 is 14.6 Å². The van der Waals surface area contributed by atoms with Crippen molar-refractivity contribution >= 4 is 33.7 Å². The van der Waals surface area contributed by atoms with Gasteiger partial charge in [0.05, 0.1) is 12.7 Å². The second-order valence-electron chi connectivity index (χ2n) is 3.73. The molecule has 2 rings (SSSR count). The largest absolute Gasteiger partial charge is 0.508 e. The molecule has 5 heteroatoms. The summed E-state index contributed by atoms with van der Waals surface area (Å²) in [7, 11) is 1.32. The van der Waals surface area contributed by atoms with Crippen LogP contribution >= 0.6 is 27.7 Å². The summed E-state index contributed by atoms with van der Waals surface area (Å²) in [5.74, 6) is -0.420. The van der Waals surface area contributed by atoms with Gasteiger partial charge in [-0.05, 0) is 42.5 Å². The second kappa shape index (κ2) is 6.12. The third-order valence-electron chi connectivity index (χ3n) is 2.41. The summed E-state index contributed by atoms with van der Waals surface area (Å²) < 4.78 is 5.71. The van der Waals surface area contributed by atoms with Crippen LogP contribution in [0.1, 0.15) is 10.4 Å². The molecule has 0 aliphatic heterocycles. The highest BCUT2D eigenvalue weighted by Gasteiger charge is 2.13. The van der Waals surface area contributed by atoms with Crippen LogP contribution in [0.3, 0.4) is 0 Å². The monoisotopic (exact) mass is 338 g/mol. The van der Waals surface area contributed by atoms with Gasteiger partial charge in [-0.25, -0.2) is 4.79 Å². The predicted molar refractivity (Wildman–Crippen MR) is 77.7 cm³/mol. The summed E-state index contributed by atoms with van der Waals surface area (Å²) in [5, 5.41) is 9.46. The van der Waals surface area contributed by atoms with E-state index in [-0.39, 0.29) is 5.75 Å². The second-order valence-corrected chi connectivity index (χ2v) is 5.76. The molecule has 1 N–H and O–H groups in total. The number of methoxy groups -OCH3 is 1. The van der Waals surface area contributed by atoms with Crippen LogP contribution in [0.2, 0.25) is 0 Å². The SMILES string of the molecule is COC(=O)c1cc(O)ccc1Sc1ccc(Br)cc1. The first-order valence-corrected chi connectivity index (χ1v) is 7.06. The minimum Gasteiger partial charge on any atom is -0.508 e. The topological polar surface area (TPSA) is 46.5 Å². The predicted octanol–water partition coefficient (Wildman–Crippen LogP) is 4.09. The minimum atomic E-state index is -0.462. The Hall–Kier alpha value is -1.46. The summed E-state index contributed by atoms with van der Waals surface area (Å²) in [6.07, 6.45) is 0. The first kappa shape index (κ1) is 14.0. The highest BCUT2D eigenvalue weighted by atomic mass is 79.9. The number of carbonyl (C=O) groups is 1. The first-order chi connectivity index (χ1) is 9.10. The molecule has 0 aliphatic rings. The number of hydrogen-bond donors (Lipinski definition) is 1. The third kappa shape index (κ3) is 3.52. The fraction of sp³-hybridized carbons (Fsp3) is 0.0714. The van der Waals surface area contributed by atoms with E-state index in [1.54, 1.807) is 12.1 Å². The number of phenolic OH excluding ortho intramolecular Hbond substituents is 1. The number of aromatic hydroxyl groups is 1. The molecule has 98 valence electrons. The van der Waals surface area contributed by atoms with Gasteiger partial charge in [-0.1, -0.05) is 27.7 Å². The van der Waals surface area contributed by atoms with Gasteiger partial charge in [0.25, 0.3) is 0 Å². The summed E-state index contributed by atoms with van der Waals surface area (Å²) in [6.45, 7) is 0. The molecule has 0 amide bonds. The molecular weight excluding hydrogens is 328 g/mol. The highest BCUT2D eigenvalue weighted by molar-refractivity contribution is 9.10. The highest BCUT2D eigenvalue weighted by Crippen LogP contribution is 2.33. The Kier molecular flexibility index (Phi) is 4.50. The number of rotatable bonds is 3. The molecule has 0 bridgehead atoms. The van der Waals surface area contributed by atoms with E-state index in [4.69, 9.17) is 4.74 Å². The lowest BCUT2D eigenvalue weighted by molar-refractivity contribution is 0.0596. The fourth-order valence-electron chi connectivity index (χ4n) is 1.51. The van der Waals surface area contributed by atoms with Crippen LogP contribution in [0, 0.1) is 0 Å². The van der Waals surface area contributed by atoms with Gasteiger partial charge in [-0.3, -0.25) is 0 Å². The van der Waals surface area contributed by atoms with E-state index in [2.05, 4.69) is 15.9 Å². The van der Waals surface area contributed by atoms with E-state index in [1.165, 1.54) is 24.9 Å². The molecule has 0 aliphatic carbocycles. The van der Waals surface area contributed by atoms with E-state index in [0.717, 1.165) is 14.3 Å². The Morgan fingerprint density at radius 2 is 1.89 bits per heavy atom. The third-order valence-corrected chi connectivity index (χ3v) is 4.02. The maximum atomic E-state index is 11.7. The van der Waals surface area contributed by atoms with E-state index >= 15 is 0 Å². The molecule has 0 saturated heterocycles. The minimum absolute atomic E-state index is 0.0422. The molecule has 0 unspecified atom stereocenters. The van der Waals surface area contributed by atoms with Crippen molar-refractivity contribution in [3.8, 4) is 5.75 Å². The van der Waals surface area contributed by atoms with Crippen molar-refractivity contribution in [3.05, 3.63) is 52.5 Å². The van der Waals surface area contributed by atoms with Crippen LogP contribution in [-0.4, -0.2) is 18.2 Å². The molecule has 0 spiro atoms. The van der Waals surface area contributed by atoms with E-state index < -0.39 is 5.97 Å². The Balaban J connectivity index is 2.34. The number of ether oxygens (including phenoxy) is 1. The van der Waals surface area contributed by atoms with Gasteiger partial charge in [0.15, 0.2) is 0 Å². The lowest BCUT2D eigenvalue weighted by atomic mass is 10.2. The van der Waals surface area contributed by atoms with Gasteiger partial charge in [0, 0.05) is 14.3 Å². The standard InChI is InChI=1S/C14H11BrO3S/c1-18-14(17)12-8-10(16)4-7-13(12)19-11-5-2-9(15)3-6-11/h2-8,16H,1H3. The van der Waals surface area contributed by atoms with E-state index in [0.29, 0.717) is 5.56 Å². The van der Waals surface area contributed by atoms with Gasteiger partial charge in [0.1, 0.15) is 5.75 Å². The van der Waals surface area contributed by atoms with E-state index in [1.807, 2.05) is 24.3 Å².